The van der Waals surface area contributed by atoms with Crippen LogP contribution in [0.15, 0.2) is 21.8 Å². The number of nitrogens with one attached hydrogen (secondary N) is 1. The highest BCUT2D eigenvalue weighted by molar-refractivity contribution is 7.92. The number of rotatable bonds is 0. The quantitative estimate of drug-likeness (QED) is 0.711. The average molecular weight is 281 g/mol. The lowest BCUT2D eigenvalue weighted by Gasteiger charge is -2.17. The summed E-state index contributed by atoms with van der Waals surface area (Å²) >= 11 is 0. The van der Waals surface area contributed by atoms with Gasteiger partial charge in [0.1, 0.15) is 5.75 Å². The van der Waals surface area contributed by atoms with E-state index in [4.69, 9.17) is 0 Å². The number of carbonyl (C=O) groups excluding carboxylic acids is 1. The van der Waals surface area contributed by atoms with E-state index in [-0.39, 0.29) is 16.3 Å². The molecule has 1 aliphatic heterocycles. The van der Waals surface area contributed by atoms with Crippen molar-refractivity contribution in [3.05, 3.63) is 22.6 Å². The van der Waals surface area contributed by atoms with Crippen molar-refractivity contribution >= 4 is 32.5 Å². The third-order valence-electron chi connectivity index (χ3n) is 3.30. The number of benzene rings is 1. The molecular weight excluding hydrogens is 270 g/mol. The van der Waals surface area contributed by atoms with Crippen LogP contribution in [0.5, 0.6) is 0 Å². The summed E-state index contributed by atoms with van der Waals surface area (Å²) in [4.78, 5) is 23.2. The lowest BCUT2D eigenvalue weighted by molar-refractivity contribution is -0.114. The topological polar surface area (TPSA) is 90.2 Å². The maximum Gasteiger partial charge on any atom is 0.328 e. The van der Waals surface area contributed by atoms with Crippen molar-refractivity contribution in [2.24, 2.45) is 14.1 Å². The fourth-order valence-electron chi connectivity index (χ4n) is 2.32. The highest BCUT2D eigenvalue weighted by atomic mass is 32.2. The molecule has 100 valence electrons. The highest BCUT2D eigenvalue weighted by Crippen LogP contribution is 2.30. The van der Waals surface area contributed by atoms with Crippen LogP contribution in [0.1, 0.15) is 0 Å². The van der Waals surface area contributed by atoms with Crippen molar-refractivity contribution < 1.29 is 13.2 Å². The standard InChI is InChI=1S/C11H11N3O4S/c1-13-7-3-6-9(4-8(7)14(2)11(13)16)19(17,18)5-10(15)12-6/h3-4H,5H2,1-2H3,(H,12,15). The van der Waals surface area contributed by atoms with Gasteiger partial charge in [-0.15, -0.1) is 0 Å². The molecule has 1 N–H and O–H groups in total. The lowest BCUT2D eigenvalue weighted by atomic mass is 10.2. The van der Waals surface area contributed by atoms with Crippen LogP contribution >= 0.6 is 0 Å². The molecule has 0 saturated heterocycles. The van der Waals surface area contributed by atoms with Gasteiger partial charge in [0.15, 0.2) is 9.84 Å². The summed E-state index contributed by atoms with van der Waals surface area (Å²) in [5.74, 6) is -1.13. The lowest BCUT2D eigenvalue weighted by Crippen LogP contribution is -2.29. The minimum absolute atomic E-state index is 0.0563. The van der Waals surface area contributed by atoms with E-state index in [0.29, 0.717) is 11.0 Å². The van der Waals surface area contributed by atoms with Crippen molar-refractivity contribution in [2.75, 3.05) is 11.1 Å². The predicted octanol–water partition coefficient (Wildman–Crippen LogP) is -0.397. The van der Waals surface area contributed by atoms with Crippen LogP contribution in [0.25, 0.3) is 11.0 Å². The molecule has 1 aromatic carbocycles. The molecule has 0 saturated carbocycles. The summed E-state index contributed by atoms with van der Waals surface area (Å²) in [5, 5.41) is 2.52. The van der Waals surface area contributed by atoms with Crippen LogP contribution in [-0.2, 0) is 28.7 Å². The van der Waals surface area contributed by atoms with Crippen molar-refractivity contribution in [1.29, 1.82) is 0 Å². The van der Waals surface area contributed by atoms with Crippen LogP contribution in [0.4, 0.5) is 5.69 Å². The maximum atomic E-state index is 12.0. The van der Waals surface area contributed by atoms with E-state index in [1.807, 2.05) is 0 Å². The number of amides is 1. The molecule has 1 aromatic heterocycles. The molecule has 3 rings (SSSR count). The summed E-state index contributed by atoms with van der Waals surface area (Å²) < 4.78 is 26.7. The second kappa shape index (κ2) is 3.47. The molecule has 1 aliphatic rings. The Balaban J connectivity index is 2.48. The zero-order valence-corrected chi connectivity index (χ0v) is 11.1. The van der Waals surface area contributed by atoms with Gasteiger partial charge in [0.2, 0.25) is 5.91 Å². The third kappa shape index (κ3) is 1.53. The van der Waals surface area contributed by atoms with Crippen LogP contribution in [0.2, 0.25) is 0 Å². The number of hydrogen-bond acceptors (Lipinski definition) is 4. The first-order valence-corrected chi connectivity index (χ1v) is 7.18. The summed E-state index contributed by atoms with van der Waals surface area (Å²) in [6.45, 7) is 0. The number of imidazole rings is 1. The van der Waals surface area contributed by atoms with Gasteiger partial charge in [-0.25, -0.2) is 13.2 Å². The van der Waals surface area contributed by atoms with Gasteiger partial charge in [-0.1, -0.05) is 0 Å². The first kappa shape index (κ1) is 12.0. The predicted molar refractivity (Wildman–Crippen MR) is 68.8 cm³/mol. The second-order valence-corrected chi connectivity index (χ2v) is 6.50. The average Bonchev–Trinajstić information content (AvgIpc) is 2.52. The molecule has 2 heterocycles. The fraction of sp³-hybridized carbons (Fsp3) is 0.273. The first-order chi connectivity index (χ1) is 8.81. The largest absolute Gasteiger partial charge is 0.328 e. The Morgan fingerprint density at radius 3 is 2.32 bits per heavy atom. The summed E-state index contributed by atoms with van der Waals surface area (Å²) in [5.41, 5.74) is 1.07. The van der Waals surface area contributed by atoms with E-state index in [9.17, 15) is 18.0 Å². The number of anilines is 1. The van der Waals surface area contributed by atoms with Gasteiger partial charge in [0, 0.05) is 14.1 Å². The Kier molecular flexibility index (Phi) is 2.19. The molecule has 0 unspecified atom stereocenters. The fourth-order valence-corrected chi connectivity index (χ4v) is 3.63. The zero-order valence-electron chi connectivity index (χ0n) is 10.3. The van der Waals surface area contributed by atoms with Gasteiger partial charge in [-0.3, -0.25) is 13.9 Å². The van der Waals surface area contributed by atoms with E-state index >= 15 is 0 Å². The molecule has 0 radical (unpaired) electrons. The second-order valence-electron chi connectivity index (χ2n) is 4.54. The molecule has 0 atom stereocenters. The number of hydrogen-bond donors (Lipinski definition) is 1. The van der Waals surface area contributed by atoms with Gasteiger partial charge in [0.05, 0.1) is 21.6 Å². The summed E-state index contributed by atoms with van der Waals surface area (Å²) in [7, 11) is -0.472. The molecule has 0 fully saturated rings. The minimum Gasteiger partial charge on any atom is -0.324 e. The number of aromatic nitrogens is 2. The van der Waals surface area contributed by atoms with Crippen LogP contribution < -0.4 is 11.0 Å². The maximum absolute atomic E-state index is 12.0. The zero-order chi connectivity index (χ0) is 13.9. The number of carbonyl (C=O) groups is 1. The van der Waals surface area contributed by atoms with Gasteiger partial charge >= 0.3 is 5.69 Å². The summed E-state index contributed by atoms with van der Waals surface area (Å²) in [6.07, 6.45) is 0. The van der Waals surface area contributed by atoms with E-state index in [0.717, 1.165) is 0 Å². The molecule has 19 heavy (non-hydrogen) atoms. The first-order valence-electron chi connectivity index (χ1n) is 5.53. The Morgan fingerprint density at radius 1 is 1.11 bits per heavy atom. The number of fused-ring (bicyclic) bond motifs is 2. The summed E-state index contributed by atoms with van der Waals surface area (Å²) in [6, 6.07) is 2.95. The molecule has 7 nitrogen and oxygen atoms in total. The van der Waals surface area contributed by atoms with Crippen molar-refractivity contribution in [3.8, 4) is 0 Å². The number of sulfone groups is 1. The monoisotopic (exact) mass is 281 g/mol. The van der Waals surface area contributed by atoms with Crippen LogP contribution in [0, 0.1) is 0 Å². The smallest absolute Gasteiger partial charge is 0.324 e. The normalized spacial score (nSPS) is 17.3. The number of nitrogens with zero attached hydrogens (tertiary/aromatic N) is 2. The van der Waals surface area contributed by atoms with Crippen molar-refractivity contribution in [1.82, 2.24) is 9.13 Å². The molecule has 1 amide bonds. The molecule has 0 spiro atoms. The highest BCUT2D eigenvalue weighted by Gasteiger charge is 2.30. The van der Waals surface area contributed by atoms with E-state index < -0.39 is 21.5 Å². The van der Waals surface area contributed by atoms with Crippen LogP contribution in [-0.4, -0.2) is 29.2 Å². The van der Waals surface area contributed by atoms with Gasteiger partial charge < -0.3 is 5.32 Å². The Bertz CT molecular complexity index is 889. The van der Waals surface area contributed by atoms with Crippen LogP contribution in [0.3, 0.4) is 0 Å². The van der Waals surface area contributed by atoms with Gasteiger partial charge in [0.25, 0.3) is 0 Å². The molecule has 0 bridgehead atoms. The Labute approximate surface area is 108 Å². The molecule has 0 aliphatic carbocycles. The Hall–Kier alpha value is -2.09. The van der Waals surface area contributed by atoms with E-state index in [1.165, 1.54) is 21.3 Å². The minimum atomic E-state index is -3.64. The van der Waals surface area contributed by atoms with Gasteiger partial charge in [-0.2, -0.15) is 0 Å². The molecule has 2 aromatic rings. The number of aryl methyl sites for hydroxylation is 2. The van der Waals surface area contributed by atoms with Gasteiger partial charge in [-0.05, 0) is 12.1 Å². The van der Waals surface area contributed by atoms with Crippen molar-refractivity contribution in [3.63, 3.8) is 0 Å². The molecular formula is C11H11N3O4S. The van der Waals surface area contributed by atoms with E-state index in [2.05, 4.69) is 5.32 Å². The molecule has 8 heteroatoms. The SMILES string of the molecule is Cn1c(=O)n(C)c2cc3c(cc21)NC(=O)CS3(=O)=O. The van der Waals surface area contributed by atoms with Crippen molar-refractivity contribution in [2.45, 2.75) is 4.90 Å². The Morgan fingerprint density at radius 2 is 1.68 bits per heavy atom. The van der Waals surface area contributed by atoms with E-state index in [1.54, 1.807) is 14.1 Å². The third-order valence-corrected chi connectivity index (χ3v) is 4.95.